The fourth-order valence-electron chi connectivity index (χ4n) is 2.09. The van der Waals surface area contributed by atoms with E-state index < -0.39 is 0 Å². The molecule has 4 nitrogen and oxygen atoms in total. The summed E-state index contributed by atoms with van der Waals surface area (Å²) >= 11 is 7.41. The van der Waals surface area contributed by atoms with E-state index in [4.69, 9.17) is 17.0 Å². The molecule has 0 bridgehead atoms. The molecule has 0 unspecified atom stereocenters. The molecule has 2 rings (SSSR count). The number of hydrogen-bond acceptors (Lipinski definition) is 3. The quantitative estimate of drug-likeness (QED) is 0.511. The van der Waals surface area contributed by atoms with E-state index in [1.54, 1.807) is 6.07 Å². The van der Waals surface area contributed by atoms with Gasteiger partial charge in [0.15, 0.2) is 5.11 Å². The first kappa shape index (κ1) is 19.7. The Bertz CT molecular complexity index is 761. The van der Waals surface area contributed by atoms with Crippen LogP contribution in [-0.2, 0) is 6.54 Å². The van der Waals surface area contributed by atoms with Crippen LogP contribution >= 0.6 is 34.8 Å². The lowest BCUT2D eigenvalue weighted by Gasteiger charge is -2.12. The highest BCUT2D eigenvalue weighted by Gasteiger charge is 2.09. The van der Waals surface area contributed by atoms with Gasteiger partial charge in [-0.15, -0.1) is 0 Å². The third-order valence-electron chi connectivity index (χ3n) is 3.41. The summed E-state index contributed by atoms with van der Waals surface area (Å²) in [6.07, 6.45) is 0.150. The number of hydrogen-bond donors (Lipinski definition) is 2. The predicted octanol–water partition coefficient (Wildman–Crippen LogP) is 4.19. The van der Waals surface area contributed by atoms with Crippen LogP contribution in [0.3, 0.4) is 0 Å². The van der Waals surface area contributed by atoms with E-state index in [-0.39, 0.29) is 12.0 Å². The normalized spacial score (nSPS) is 10.4. The number of amides is 1. The molecule has 0 saturated heterocycles. The third-order valence-corrected chi connectivity index (χ3v) is 4.82. The molecule has 2 aromatic carbocycles. The first-order valence-corrected chi connectivity index (χ1v) is 9.45. The van der Waals surface area contributed by atoms with E-state index in [0.29, 0.717) is 17.2 Å². The number of rotatable bonds is 5. The van der Waals surface area contributed by atoms with Crippen molar-refractivity contribution in [1.82, 2.24) is 10.6 Å². The van der Waals surface area contributed by atoms with Crippen LogP contribution in [0.25, 0.3) is 0 Å². The van der Waals surface area contributed by atoms with Crippen molar-refractivity contribution in [3.63, 3.8) is 0 Å². The highest BCUT2D eigenvalue weighted by molar-refractivity contribution is 14.1. The number of ether oxygens (including phenoxy) is 1. The van der Waals surface area contributed by atoms with E-state index >= 15 is 0 Å². The summed E-state index contributed by atoms with van der Waals surface area (Å²) in [5.74, 6) is 0.625. The molecule has 2 aromatic rings. The SMILES string of the molecule is Cc1ccc(C(=O)NC(=S)NCc2ccc(OC(C)C)cc2)cc1I. The fourth-order valence-corrected chi connectivity index (χ4v) is 2.77. The molecule has 2 N–H and O–H groups in total. The minimum atomic E-state index is -0.212. The smallest absolute Gasteiger partial charge is 0.257 e. The van der Waals surface area contributed by atoms with Gasteiger partial charge in [-0.1, -0.05) is 18.2 Å². The van der Waals surface area contributed by atoms with Crippen molar-refractivity contribution in [2.24, 2.45) is 0 Å². The standard InChI is InChI=1S/C19H21IN2O2S/c1-12(2)24-16-8-5-14(6-9-16)11-21-19(25)22-18(23)15-7-4-13(3)17(20)10-15/h4-10,12H,11H2,1-3H3,(H2,21,22,23,25). The Morgan fingerprint density at radius 3 is 2.48 bits per heavy atom. The molecule has 0 spiro atoms. The average molecular weight is 468 g/mol. The summed E-state index contributed by atoms with van der Waals surface area (Å²) in [7, 11) is 0. The Morgan fingerprint density at radius 2 is 1.88 bits per heavy atom. The maximum atomic E-state index is 12.2. The van der Waals surface area contributed by atoms with Gasteiger partial charge >= 0.3 is 0 Å². The van der Waals surface area contributed by atoms with E-state index in [1.165, 1.54) is 0 Å². The second-order valence-electron chi connectivity index (χ2n) is 5.91. The molecular weight excluding hydrogens is 447 g/mol. The van der Waals surface area contributed by atoms with Crippen LogP contribution in [0.5, 0.6) is 5.75 Å². The molecular formula is C19H21IN2O2S. The predicted molar refractivity (Wildman–Crippen MR) is 113 cm³/mol. The third kappa shape index (κ3) is 6.28. The maximum Gasteiger partial charge on any atom is 0.257 e. The lowest BCUT2D eigenvalue weighted by atomic mass is 10.1. The Hall–Kier alpha value is -1.67. The van der Waals surface area contributed by atoms with Crippen molar-refractivity contribution >= 4 is 45.8 Å². The van der Waals surface area contributed by atoms with Gasteiger partial charge in [-0.2, -0.15) is 0 Å². The van der Waals surface area contributed by atoms with Gasteiger partial charge in [0.05, 0.1) is 6.10 Å². The summed E-state index contributed by atoms with van der Waals surface area (Å²) in [4.78, 5) is 12.2. The zero-order valence-electron chi connectivity index (χ0n) is 14.4. The Kier molecular flexibility index (Phi) is 7.19. The van der Waals surface area contributed by atoms with Crippen molar-refractivity contribution in [3.8, 4) is 5.75 Å². The zero-order chi connectivity index (χ0) is 18.4. The number of carbonyl (C=O) groups excluding carboxylic acids is 1. The van der Waals surface area contributed by atoms with Crippen LogP contribution in [0.4, 0.5) is 0 Å². The molecule has 0 radical (unpaired) electrons. The number of aryl methyl sites for hydroxylation is 1. The van der Waals surface area contributed by atoms with Crippen LogP contribution < -0.4 is 15.4 Å². The van der Waals surface area contributed by atoms with E-state index in [2.05, 4.69) is 33.2 Å². The number of nitrogens with one attached hydrogen (secondary N) is 2. The lowest BCUT2D eigenvalue weighted by molar-refractivity contribution is 0.0976. The van der Waals surface area contributed by atoms with Gasteiger partial charge in [-0.25, -0.2) is 0 Å². The minimum absolute atomic E-state index is 0.150. The number of benzene rings is 2. The molecule has 25 heavy (non-hydrogen) atoms. The topological polar surface area (TPSA) is 50.4 Å². The summed E-state index contributed by atoms with van der Waals surface area (Å²) in [5.41, 5.74) is 2.79. The van der Waals surface area contributed by atoms with E-state index in [1.807, 2.05) is 57.2 Å². The summed E-state index contributed by atoms with van der Waals surface area (Å²) in [6.45, 7) is 6.52. The fraction of sp³-hybridized carbons (Fsp3) is 0.263. The summed E-state index contributed by atoms with van der Waals surface area (Å²) in [6, 6.07) is 13.4. The van der Waals surface area contributed by atoms with Crippen molar-refractivity contribution in [2.75, 3.05) is 0 Å². The second-order valence-corrected chi connectivity index (χ2v) is 7.48. The van der Waals surface area contributed by atoms with Crippen LogP contribution in [0.15, 0.2) is 42.5 Å². The lowest BCUT2D eigenvalue weighted by Crippen LogP contribution is -2.38. The van der Waals surface area contributed by atoms with E-state index in [0.717, 1.165) is 20.4 Å². The van der Waals surface area contributed by atoms with Gasteiger partial charge in [0.2, 0.25) is 0 Å². The van der Waals surface area contributed by atoms with Crippen molar-refractivity contribution < 1.29 is 9.53 Å². The summed E-state index contributed by atoms with van der Waals surface area (Å²) in [5, 5.41) is 6.06. The zero-order valence-corrected chi connectivity index (χ0v) is 17.4. The molecule has 6 heteroatoms. The largest absolute Gasteiger partial charge is 0.491 e. The van der Waals surface area contributed by atoms with Crippen LogP contribution in [0.2, 0.25) is 0 Å². The highest BCUT2D eigenvalue weighted by atomic mass is 127. The monoisotopic (exact) mass is 468 g/mol. The highest BCUT2D eigenvalue weighted by Crippen LogP contribution is 2.14. The van der Waals surface area contributed by atoms with Gasteiger partial charge in [0.25, 0.3) is 5.91 Å². The van der Waals surface area contributed by atoms with Crippen molar-refractivity contribution in [2.45, 2.75) is 33.4 Å². The van der Waals surface area contributed by atoms with Gasteiger partial charge in [0.1, 0.15) is 5.75 Å². The summed E-state index contributed by atoms with van der Waals surface area (Å²) < 4.78 is 6.66. The second kappa shape index (κ2) is 9.15. The minimum Gasteiger partial charge on any atom is -0.491 e. The Balaban J connectivity index is 1.85. The molecule has 0 heterocycles. The first-order chi connectivity index (χ1) is 11.8. The van der Waals surface area contributed by atoms with Gasteiger partial charge in [-0.3, -0.25) is 10.1 Å². The molecule has 0 fully saturated rings. The maximum absolute atomic E-state index is 12.2. The van der Waals surface area contributed by atoms with Gasteiger partial charge < -0.3 is 10.1 Å². The molecule has 1 amide bonds. The number of thiocarbonyl (C=S) groups is 1. The molecule has 0 saturated carbocycles. The van der Waals surface area contributed by atoms with Crippen molar-refractivity contribution in [3.05, 3.63) is 62.7 Å². The molecule has 0 atom stereocenters. The van der Waals surface area contributed by atoms with E-state index in [9.17, 15) is 4.79 Å². The molecule has 0 aliphatic carbocycles. The average Bonchev–Trinajstić information content (AvgIpc) is 2.56. The number of carbonyl (C=O) groups is 1. The molecule has 0 aliphatic heterocycles. The van der Waals surface area contributed by atoms with Crippen LogP contribution in [-0.4, -0.2) is 17.1 Å². The van der Waals surface area contributed by atoms with Crippen LogP contribution in [0, 0.1) is 10.5 Å². The Morgan fingerprint density at radius 1 is 1.20 bits per heavy atom. The number of halogens is 1. The van der Waals surface area contributed by atoms with Crippen molar-refractivity contribution in [1.29, 1.82) is 0 Å². The van der Waals surface area contributed by atoms with Crippen LogP contribution in [0.1, 0.15) is 35.3 Å². The Labute approximate surface area is 167 Å². The molecule has 0 aliphatic rings. The van der Waals surface area contributed by atoms with Gasteiger partial charge in [-0.05, 0) is 91.0 Å². The molecule has 132 valence electrons. The first-order valence-electron chi connectivity index (χ1n) is 7.96. The van der Waals surface area contributed by atoms with Gasteiger partial charge in [0, 0.05) is 15.7 Å². The molecule has 0 aromatic heterocycles.